The average molecular weight is 228 g/mol. The van der Waals surface area contributed by atoms with Crippen LogP contribution in [0, 0.1) is 0 Å². The Morgan fingerprint density at radius 3 is 2.53 bits per heavy atom. The van der Waals surface area contributed by atoms with Gasteiger partial charge in [0.05, 0.1) is 6.61 Å². The third kappa shape index (κ3) is 3.82. The van der Waals surface area contributed by atoms with Crippen LogP contribution in [-0.4, -0.2) is 29.2 Å². The van der Waals surface area contributed by atoms with Crippen molar-refractivity contribution in [2.45, 2.75) is 26.4 Å². The summed E-state index contributed by atoms with van der Waals surface area (Å²) in [5.74, 6) is 0. The van der Waals surface area contributed by atoms with Gasteiger partial charge < -0.3 is 5.11 Å². The highest BCUT2D eigenvalue weighted by Gasteiger charge is 2.10. The molecule has 2 nitrogen and oxygen atoms in total. The van der Waals surface area contributed by atoms with Gasteiger partial charge in [-0.1, -0.05) is 29.8 Å². The predicted molar refractivity (Wildman–Crippen MR) is 64.1 cm³/mol. The normalized spacial score (nSPS) is 11.3. The number of nitrogens with zero attached hydrogens (tertiary/aromatic N) is 1. The Kier molecular flexibility index (Phi) is 5.09. The lowest BCUT2D eigenvalue weighted by atomic mass is 10.2. The maximum absolute atomic E-state index is 8.96. The molecule has 1 aromatic rings. The van der Waals surface area contributed by atoms with Crippen molar-refractivity contribution >= 4 is 11.6 Å². The predicted octanol–water partition coefficient (Wildman–Crippen LogP) is 2.54. The van der Waals surface area contributed by atoms with Crippen molar-refractivity contribution in [1.29, 1.82) is 0 Å². The molecule has 0 fully saturated rings. The second-order valence-corrected chi connectivity index (χ2v) is 4.29. The molecule has 3 heteroatoms. The van der Waals surface area contributed by atoms with E-state index < -0.39 is 0 Å². The van der Waals surface area contributed by atoms with Crippen LogP contribution in [-0.2, 0) is 6.54 Å². The molecule has 0 radical (unpaired) electrons. The molecule has 0 saturated heterocycles. The van der Waals surface area contributed by atoms with Crippen molar-refractivity contribution in [3.05, 3.63) is 34.9 Å². The van der Waals surface area contributed by atoms with Gasteiger partial charge in [-0.3, -0.25) is 4.90 Å². The molecule has 0 heterocycles. The number of aliphatic hydroxyl groups excluding tert-OH is 1. The molecular formula is C12H18ClNO. The molecule has 0 unspecified atom stereocenters. The summed E-state index contributed by atoms with van der Waals surface area (Å²) in [6.45, 7) is 5.89. The Hall–Kier alpha value is -0.570. The van der Waals surface area contributed by atoms with Crippen LogP contribution < -0.4 is 0 Å². The van der Waals surface area contributed by atoms with Crippen molar-refractivity contribution in [2.75, 3.05) is 13.2 Å². The van der Waals surface area contributed by atoms with Crippen molar-refractivity contribution < 1.29 is 5.11 Å². The molecule has 0 aliphatic carbocycles. The molecule has 84 valence electrons. The lowest BCUT2D eigenvalue weighted by Gasteiger charge is -2.25. The molecule has 1 rings (SSSR count). The van der Waals surface area contributed by atoms with Gasteiger partial charge >= 0.3 is 0 Å². The molecule has 0 saturated carbocycles. The van der Waals surface area contributed by atoms with Gasteiger partial charge in [0, 0.05) is 24.2 Å². The van der Waals surface area contributed by atoms with Gasteiger partial charge in [0.2, 0.25) is 0 Å². The number of aliphatic hydroxyl groups is 1. The summed E-state index contributed by atoms with van der Waals surface area (Å²) in [4.78, 5) is 2.20. The Morgan fingerprint density at radius 2 is 2.00 bits per heavy atom. The number of hydrogen-bond acceptors (Lipinski definition) is 2. The molecule has 0 aliphatic heterocycles. The molecule has 15 heavy (non-hydrogen) atoms. The van der Waals surface area contributed by atoms with E-state index in [0.29, 0.717) is 12.6 Å². The fraction of sp³-hybridized carbons (Fsp3) is 0.500. The Morgan fingerprint density at radius 1 is 1.33 bits per heavy atom. The highest BCUT2D eigenvalue weighted by molar-refractivity contribution is 6.31. The largest absolute Gasteiger partial charge is 0.395 e. The number of halogens is 1. The smallest absolute Gasteiger partial charge is 0.0558 e. The number of hydrogen-bond donors (Lipinski definition) is 1. The van der Waals surface area contributed by atoms with Gasteiger partial charge in [0.15, 0.2) is 0 Å². The Bertz CT molecular complexity index is 301. The SMILES string of the molecule is CC(C)N(CCO)Cc1ccccc1Cl. The van der Waals surface area contributed by atoms with Crippen LogP contribution >= 0.6 is 11.6 Å². The van der Waals surface area contributed by atoms with Crippen LogP contribution in [0.5, 0.6) is 0 Å². The van der Waals surface area contributed by atoms with E-state index in [1.807, 2.05) is 24.3 Å². The zero-order valence-corrected chi connectivity index (χ0v) is 10.0. The van der Waals surface area contributed by atoms with Gasteiger partial charge in [-0.05, 0) is 25.5 Å². The summed E-state index contributed by atoms with van der Waals surface area (Å²) in [5, 5.41) is 9.75. The molecule has 0 aromatic heterocycles. The second kappa shape index (κ2) is 6.11. The summed E-state index contributed by atoms with van der Waals surface area (Å²) in [6, 6.07) is 8.24. The summed E-state index contributed by atoms with van der Waals surface area (Å²) in [5.41, 5.74) is 1.11. The molecular weight excluding hydrogens is 210 g/mol. The molecule has 1 aromatic carbocycles. The molecule has 0 amide bonds. The Balaban J connectivity index is 2.69. The highest BCUT2D eigenvalue weighted by atomic mass is 35.5. The van der Waals surface area contributed by atoms with Crippen LogP contribution in [0.25, 0.3) is 0 Å². The molecule has 0 atom stereocenters. The molecule has 0 spiro atoms. The second-order valence-electron chi connectivity index (χ2n) is 3.88. The van der Waals surface area contributed by atoms with E-state index in [1.54, 1.807) is 0 Å². The van der Waals surface area contributed by atoms with Crippen molar-refractivity contribution in [3.63, 3.8) is 0 Å². The third-order valence-corrected chi connectivity index (χ3v) is 2.82. The van der Waals surface area contributed by atoms with Crippen LogP contribution in [0.1, 0.15) is 19.4 Å². The van der Waals surface area contributed by atoms with Gasteiger partial charge in [-0.2, -0.15) is 0 Å². The Labute approximate surface area is 96.5 Å². The molecule has 0 bridgehead atoms. The van der Waals surface area contributed by atoms with Crippen LogP contribution in [0.3, 0.4) is 0 Å². The quantitative estimate of drug-likeness (QED) is 0.836. The summed E-state index contributed by atoms with van der Waals surface area (Å²) >= 11 is 6.08. The minimum atomic E-state index is 0.183. The molecule has 1 N–H and O–H groups in total. The van der Waals surface area contributed by atoms with E-state index >= 15 is 0 Å². The van der Waals surface area contributed by atoms with Crippen molar-refractivity contribution in [1.82, 2.24) is 4.90 Å². The van der Waals surface area contributed by atoms with Crippen molar-refractivity contribution in [3.8, 4) is 0 Å². The lowest BCUT2D eigenvalue weighted by Crippen LogP contribution is -2.32. The standard InChI is InChI=1S/C12H18ClNO/c1-10(2)14(7-8-15)9-11-5-3-4-6-12(11)13/h3-6,10,15H,7-9H2,1-2H3. The zero-order chi connectivity index (χ0) is 11.3. The third-order valence-electron chi connectivity index (χ3n) is 2.45. The lowest BCUT2D eigenvalue weighted by molar-refractivity contribution is 0.159. The van der Waals surface area contributed by atoms with E-state index in [4.69, 9.17) is 16.7 Å². The van der Waals surface area contributed by atoms with Crippen LogP contribution in [0.2, 0.25) is 5.02 Å². The average Bonchev–Trinajstić information content (AvgIpc) is 2.20. The first-order valence-electron chi connectivity index (χ1n) is 5.23. The van der Waals surface area contributed by atoms with Crippen LogP contribution in [0.4, 0.5) is 0 Å². The first-order chi connectivity index (χ1) is 7.15. The van der Waals surface area contributed by atoms with Gasteiger partial charge in [0.1, 0.15) is 0 Å². The fourth-order valence-electron chi connectivity index (χ4n) is 1.49. The minimum absolute atomic E-state index is 0.183. The first kappa shape index (κ1) is 12.5. The summed E-state index contributed by atoms with van der Waals surface area (Å²) < 4.78 is 0. The fourth-order valence-corrected chi connectivity index (χ4v) is 1.69. The van der Waals surface area contributed by atoms with E-state index in [0.717, 1.165) is 17.1 Å². The van der Waals surface area contributed by atoms with E-state index in [-0.39, 0.29) is 6.61 Å². The molecule has 0 aliphatic rings. The van der Waals surface area contributed by atoms with Gasteiger partial charge in [-0.15, -0.1) is 0 Å². The topological polar surface area (TPSA) is 23.5 Å². The van der Waals surface area contributed by atoms with Crippen molar-refractivity contribution in [2.24, 2.45) is 0 Å². The summed E-state index contributed by atoms with van der Waals surface area (Å²) in [6.07, 6.45) is 0. The monoisotopic (exact) mass is 227 g/mol. The van der Waals surface area contributed by atoms with Gasteiger partial charge in [-0.25, -0.2) is 0 Å². The van der Waals surface area contributed by atoms with E-state index in [9.17, 15) is 0 Å². The summed E-state index contributed by atoms with van der Waals surface area (Å²) in [7, 11) is 0. The maximum Gasteiger partial charge on any atom is 0.0558 e. The highest BCUT2D eigenvalue weighted by Crippen LogP contribution is 2.17. The first-order valence-corrected chi connectivity index (χ1v) is 5.61. The van der Waals surface area contributed by atoms with Gasteiger partial charge in [0.25, 0.3) is 0 Å². The van der Waals surface area contributed by atoms with E-state index in [1.165, 1.54) is 0 Å². The zero-order valence-electron chi connectivity index (χ0n) is 9.28. The number of benzene rings is 1. The van der Waals surface area contributed by atoms with Crippen LogP contribution in [0.15, 0.2) is 24.3 Å². The maximum atomic E-state index is 8.96. The number of rotatable bonds is 5. The minimum Gasteiger partial charge on any atom is -0.395 e. The van der Waals surface area contributed by atoms with E-state index in [2.05, 4.69) is 18.7 Å².